The Balaban J connectivity index is 2.88. The van der Waals surface area contributed by atoms with E-state index in [1.54, 1.807) is 0 Å². The molecule has 0 radical (unpaired) electrons. The summed E-state index contributed by atoms with van der Waals surface area (Å²) in [5.41, 5.74) is -0.627. The monoisotopic (exact) mass is 255 g/mol. The fourth-order valence-corrected chi connectivity index (χ4v) is 2.03. The van der Waals surface area contributed by atoms with Gasteiger partial charge in [0.2, 0.25) is 0 Å². The Kier molecular flexibility index (Phi) is 3.89. The highest BCUT2D eigenvalue weighted by Crippen LogP contribution is 2.41. The van der Waals surface area contributed by atoms with Crippen molar-refractivity contribution in [1.29, 1.82) is 5.41 Å². The maximum Gasteiger partial charge on any atom is 0.413 e. The molecular formula is C9H9ClF3NS. The number of halogens is 4. The maximum atomic E-state index is 12.5. The van der Waals surface area contributed by atoms with Gasteiger partial charge in [-0.1, -0.05) is 23.8 Å². The molecule has 0 fully saturated rings. The zero-order valence-corrected chi connectivity index (χ0v) is 9.27. The van der Waals surface area contributed by atoms with Gasteiger partial charge in [-0.05, 0) is 19.3 Å². The van der Waals surface area contributed by atoms with Gasteiger partial charge in [-0.15, -0.1) is 0 Å². The minimum absolute atomic E-state index is 0.0796. The van der Waals surface area contributed by atoms with Gasteiger partial charge in [0.15, 0.2) is 0 Å². The number of alkyl halides is 3. The van der Waals surface area contributed by atoms with E-state index in [9.17, 15) is 13.2 Å². The van der Waals surface area contributed by atoms with Gasteiger partial charge in [0.05, 0.1) is 0 Å². The number of hydrogen-bond donors (Lipinski definition) is 1. The lowest BCUT2D eigenvalue weighted by atomic mass is 9.85. The average Bonchev–Trinajstić information content (AvgIpc) is 2.15. The van der Waals surface area contributed by atoms with Gasteiger partial charge < -0.3 is 5.41 Å². The third-order valence-electron chi connectivity index (χ3n) is 2.40. The van der Waals surface area contributed by atoms with Gasteiger partial charge in [-0.3, -0.25) is 0 Å². The Morgan fingerprint density at radius 2 is 2.13 bits per heavy atom. The van der Waals surface area contributed by atoms with Crippen LogP contribution in [0.1, 0.15) is 19.3 Å². The molecule has 0 bridgehead atoms. The van der Waals surface area contributed by atoms with Gasteiger partial charge >= 0.3 is 6.18 Å². The van der Waals surface area contributed by atoms with Crippen molar-refractivity contribution in [1.82, 2.24) is 0 Å². The molecule has 0 aromatic carbocycles. The second-order valence-corrected chi connectivity index (χ2v) is 4.09. The zero-order chi connectivity index (χ0) is 11.6. The van der Waals surface area contributed by atoms with E-state index in [1.807, 2.05) is 0 Å². The van der Waals surface area contributed by atoms with Crippen LogP contribution in [0.5, 0.6) is 0 Å². The van der Waals surface area contributed by atoms with Crippen LogP contribution in [-0.2, 0) is 0 Å². The summed E-state index contributed by atoms with van der Waals surface area (Å²) >= 11 is 10.1. The first-order valence-corrected chi connectivity index (χ1v) is 5.19. The van der Waals surface area contributed by atoms with Gasteiger partial charge in [0.1, 0.15) is 0 Å². The van der Waals surface area contributed by atoms with Crippen molar-refractivity contribution < 1.29 is 13.2 Å². The molecule has 0 aromatic heterocycles. The maximum absolute atomic E-state index is 12.5. The molecule has 1 rings (SSSR count). The van der Waals surface area contributed by atoms with Crippen LogP contribution in [0.15, 0.2) is 10.6 Å². The number of hydrogen-bond acceptors (Lipinski definition) is 2. The molecule has 0 saturated heterocycles. The van der Waals surface area contributed by atoms with E-state index in [0.717, 1.165) is 5.37 Å². The van der Waals surface area contributed by atoms with E-state index in [2.05, 4.69) is 12.2 Å². The fourth-order valence-electron chi connectivity index (χ4n) is 1.54. The summed E-state index contributed by atoms with van der Waals surface area (Å²) in [5.74, 6) is -0.443. The Bertz CT molecular complexity index is 322. The highest BCUT2D eigenvalue weighted by molar-refractivity contribution is 7.80. The number of thiocarbonyl (C=S) groups is 1. The Morgan fingerprint density at radius 3 is 2.60 bits per heavy atom. The Morgan fingerprint density at radius 1 is 1.53 bits per heavy atom. The summed E-state index contributed by atoms with van der Waals surface area (Å²) in [6.07, 6.45) is -3.98. The average molecular weight is 256 g/mol. The minimum atomic E-state index is -4.39. The Labute approximate surface area is 95.8 Å². The molecular weight excluding hydrogens is 247 g/mol. The van der Waals surface area contributed by atoms with Gasteiger partial charge in [0, 0.05) is 27.6 Å². The molecule has 15 heavy (non-hydrogen) atoms. The van der Waals surface area contributed by atoms with E-state index in [4.69, 9.17) is 17.0 Å². The predicted molar refractivity (Wildman–Crippen MR) is 57.7 cm³/mol. The lowest BCUT2D eigenvalue weighted by Crippen LogP contribution is -2.25. The highest BCUT2D eigenvalue weighted by atomic mass is 35.5. The van der Waals surface area contributed by atoms with Crippen molar-refractivity contribution in [3.8, 4) is 0 Å². The molecule has 6 heteroatoms. The first-order valence-electron chi connectivity index (χ1n) is 4.34. The van der Waals surface area contributed by atoms with Crippen LogP contribution >= 0.6 is 23.8 Å². The van der Waals surface area contributed by atoms with Gasteiger partial charge in [0.25, 0.3) is 0 Å². The van der Waals surface area contributed by atoms with Crippen molar-refractivity contribution in [3.63, 3.8) is 0 Å². The van der Waals surface area contributed by atoms with Crippen LogP contribution < -0.4 is 0 Å². The van der Waals surface area contributed by atoms with Crippen molar-refractivity contribution >= 4 is 34.9 Å². The topological polar surface area (TPSA) is 23.9 Å². The third kappa shape index (κ3) is 3.01. The third-order valence-corrected chi connectivity index (χ3v) is 3.07. The molecule has 1 aliphatic rings. The van der Waals surface area contributed by atoms with E-state index >= 15 is 0 Å². The SMILES string of the molecule is N=C(C=S)C1CCC(Cl)=C(C(F)(F)F)C1. The van der Waals surface area contributed by atoms with Crippen LogP contribution in [0.25, 0.3) is 0 Å². The number of allylic oxidation sites excluding steroid dienone is 2. The van der Waals surface area contributed by atoms with Crippen molar-refractivity contribution in [2.24, 2.45) is 5.92 Å². The van der Waals surface area contributed by atoms with Crippen LogP contribution in [0.4, 0.5) is 13.2 Å². The van der Waals surface area contributed by atoms with Crippen LogP contribution in [0.3, 0.4) is 0 Å². The van der Waals surface area contributed by atoms with E-state index < -0.39 is 17.7 Å². The van der Waals surface area contributed by atoms with E-state index in [1.165, 1.54) is 0 Å². The molecule has 1 N–H and O–H groups in total. The lowest BCUT2D eigenvalue weighted by molar-refractivity contribution is -0.0960. The fraction of sp³-hybridized carbons (Fsp3) is 0.556. The second-order valence-electron chi connectivity index (χ2n) is 3.39. The van der Waals surface area contributed by atoms with Crippen molar-refractivity contribution in [3.05, 3.63) is 10.6 Å². The summed E-state index contributed by atoms with van der Waals surface area (Å²) in [7, 11) is 0. The quantitative estimate of drug-likeness (QED) is 0.588. The molecule has 0 aromatic rings. The van der Waals surface area contributed by atoms with Crippen LogP contribution in [-0.4, -0.2) is 17.3 Å². The minimum Gasteiger partial charge on any atom is -0.304 e. The molecule has 1 nitrogen and oxygen atoms in total. The van der Waals surface area contributed by atoms with Crippen LogP contribution in [0, 0.1) is 11.3 Å². The van der Waals surface area contributed by atoms with Gasteiger partial charge in [-0.25, -0.2) is 0 Å². The second kappa shape index (κ2) is 4.61. The zero-order valence-electron chi connectivity index (χ0n) is 7.70. The predicted octanol–water partition coefficient (Wildman–Crippen LogP) is 3.86. The molecule has 0 heterocycles. The Hall–Kier alpha value is -0.420. The molecule has 1 unspecified atom stereocenters. The molecule has 1 atom stereocenters. The molecule has 0 spiro atoms. The lowest BCUT2D eigenvalue weighted by Gasteiger charge is -2.25. The molecule has 84 valence electrons. The smallest absolute Gasteiger partial charge is 0.304 e. The molecule has 1 aliphatic carbocycles. The summed E-state index contributed by atoms with van der Waals surface area (Å²) in [4.78, 5) is 0. The van der Waals surface area contributed by atoms with Crippen molar-refractivity contribution in [2.75, 3.05) is 0 Å². The van der Waals surface area contributed by atoms with E-state index in [-0.39, 0.29) is 23.6 Å². The first kappa shape index (κ1) is 12.6. The summed E-state index contributed by atoms with van der Waals surface area (Å²) < 4.78 is 37.5. The van der Waals surface area contributed by atoms with Crippen molar-refractivity contribution in [2.45, 2.75) is 25.4 Å². The number of nitrogens with one attached hydrogen (secondary N) is 1. The normalized spacial score (nSPS) is 22.8. The molecule has 0 aliphatic heterocycles. The first-order chi connectivity index (χ1) is 6.86. The summed E-state index contributed by atoms with van der Waals surface area (Å²) in [5, 5.41) is 8.39. The largest absolute Gasteiger partial charge is 0.413 e. The highest BCUT2D eigenvalue weighted by Gasteiger charge is 2.39. The van der Waals surface area contributed by atoms with Gasteiger partial charge in [-0.2, -0.15) is 13.2 Å². The summed E-state index contributed by atoms with van der Waals surface area (Å²) in [6.45, 7) is 0. The van der Waals surface area contributed by atoms with E-state index in [0.29, 0.717) is 6.42 Å². The molecule has 0 amide bonds. The standard InChI is InChI=1S/C9H9ClF3NS/c10-7-2-1-5(8(14)4-15)3-6(7)9(11,12)13/h4-5,14H,1-3H2. The molecule has 0 saturated carbocycles. The number of rotatable bonds is 2. The summed E-state index contributed by atoms with van der Waals surface area (Å²) in [6, 6.07) is 0. The van der Waals surface area contributed by atoms with Crippen LogP contribution in [0.2, 0.25) is 0 Å².